The molecule has 2 aromatic rings. The number of carbonyl (C=O) groups is 1. The normalized spacial score (nSPS) is 9.87. The van der Waals surface area contributed by atoms with Crippen molar-refractivity contribution in [3.05, 3.63) is 58.5 Å². The molecule has 0 saturated heterocycles. The van der Waals surface area contributed by atoms with Gasteiger partial charge in [0.15, 0.2) is 6.29 Å². The summed E-state index contributed by atoms with van der Waals surface area (Å²) in [5.41, 5.74) is 1.34. The smallest absolute Gasteiger partial charge is 0.259 e. The van der Waals surface area contributed by atoms with Crippen molar-refractivity contribution in [1.82, 2.24) is 4.98 Å². The lowest BCUT2D eigenvalue weighted by Gasteiger charge is -2.02. The second-order valence-corrected chi connectivity index (χ2v) is 3.12. The van der Waals surface area contributed by atoms with Gasteiger partial charge in [0.05, 0.1) is 5.56 Å². The molecule has 1 aromatic carbocycles. The summed E-state index contributed by atoms with van der Waals surface area (Å²) in [4.78, 5) is 24.6. The molecule has 0 spiro atoms. The van der Waals surface area contributed by atoms with Crippen LogP contribution in [0, 0.1) is 0 Å². The minimum atomic E-state index is -0.355. The Hall–Kier alpha value is -2.16. The molecule has 0 radical (unpaired) electrons. The van der Waals surface area contributed by atoms with Crippen LogP contribution in [0.15, 0.2) is 47.4 Å². The van der Waals surface area contributed by atoms with Gasteiger partial charge in [-0.05, 0) is 17.2 Å². The van der Waals surface area contributed by atoms with E-state index in [2.05, 4.69) is 4.98 Å². The molecule has 3 heteroatoms. The molecule has 1 aromatic heterocycles. The van der Waals surface area contributed by atoms with Crippen LogP contribution in [0.25, 0.3) is 11.1 Å². The second-order valence-electron chi connectivity index (χ2n) is 3.12. The Morgan fingerprint density at radius 2 is 1.80 bits per heavy atom. The van der Waals surface area contributed by atoms with E-state index in [0.29, 0.717) is 11.8 Å². The molecule has 74 valence electrons. The summed E-state index contributed by atoms with van der Waals surface area (Å²) in [5, 5.41) is 0. The first kappa shape index (κ1) is 9.40. The minimum Gasteiger partial charge on any atom is -0.328 e. The lowest BCUT2D eigenvalue weighted by Crippen LogP contribution is -2.12. The first-order valence-electron chi connectivity index (χ1n) is 4.55. The first-order chi connectivity index (χ1) is 7.33. The largest absolute Gasteiger partial charge is 0.328 e. The number of carbonyl (C=O) groups excluding carboxylic acids is 1. The van der Waals surface area contributed by atoms with Crippen molar-refractivity contribution in [2.24, 2.45) is 0 Å². The number of hydrogen-bond acceptors (Lipinski definition) is 2. The van der Waals surface area contributed by atoms with Gasteiger partial charge in [-0.1, -0.05) is 30.3 Å². The van der Waals surface area contributed by atoms with Crippen molar-refractivity contribution >= 4 is 6.29 Å². The molecule has 1 heterocycles. The molecular weight excluding hydrogens is 190 g/mol. The quantitative estimate of drug-likeness (QED) is 0.750. The van der Waals surface area contributed by atoms with E-state index in [-0.39, 0.29) is 11.1 Å². The standard InChI is InChI=1S/C12H9NO2/c14-8-11-10(6-7-13-12(11)15)9-4-2-1-3-5-9/h1-8H,(H,13,15). The van der Waals surface area contributed by atoms with Crippen LogP contribution >= 0.6 is 0 Å². The van der Waals surface area contributed by atoms with Crippen LogP contribution in [0.5, 0.6) is 0 Å². The molecule has 0 saturated carbocycles. The zero-order chi connectivity index (χ0) is 10.7. The van der Waals surface area contributed by atoms with Crippen LogP contribution in [0.3, 0.4) is 0 Å². The molecule has 0 bridgehead atoms. The van der Waals surface area contributed by atoms with Crippen LogP contribution in [0.4, 0.5) is 0 Å². The second kappa shape index (κ2) is 3.92. The zero-order valence-electron chi connectivity index (χ0n) is 7.94. The fourth-order valence-corrected chi connectivity index (χ4v) is 1.48. The van der Waals surface area contributed by atoms with E-state index in [1.54, 1.807) is 6.07 Å². The van der Waals surface area contributed by atoms with Crippen molar-refractivity contribution in [2.45, 2.75) is 0 Å². The summed E-state index contributed by atoms with van der Waals surface area (Å²) < 4.78 is 0. The van der Waals surface area contributed by atoms with E-state index in [1.807, 2.05) is 30.3 Å². The summed E-state index contributed by atoms with van der Waals surface area (Å²) >= 11 is 0. The Kier molecular flexibility index (Phi) is 2.46. The zero-order valence-corrected chi connectivity index (χ0v) is 7.94. The molecule has 15 heavy (non-hydrogen) atoms. The van der Waals surface area contributed by atoms with Gasteiger partial charge in [0, 0.05) is 6.20 Å². The van der Waals surface area contributed by atoms with E-state index in [4.69, 9.17) is 0 Å². The summed E-state index contributed by atoms with van der Waals surface area (Å²) in [5.74, 6) is 0. The van der Waals surface area contributed by atoms with Crippen LogP contribution in [0.2, 0.25) is 0 Å². The van der Waals surface area contributed by atoms with Crippen molar-refractivity contribution in [2.75, 3.05) is 0 Å². The van der Waals surface area contributed by atoms with Gasteiger partial charge in [-0.15, -0.1) is 0 Å². The van der Waals surface area contributed by atoms with E-state index in [9.17, 15) is 9.59 Å². The molecule has 0 amide bonds. The molecule has 0 fully saturated rings. The first-order valence-corrected chi connectivity index (χ1v) is 4.55. The van der Waals surface area contributed by atoms with Crippen LogP contribution < -0.4 is 5.56 Å². The molecule has 1 N–H and O–H groups in total. The molecule has 0 atom stereocenters. The molecule has 3 nitrogen and oxygen atoms in total. The van der Waals surface area contributed by atoms with Gasteiger partial charge in [-0.2, -0.15) is 0 Å². The van der Waals surface area contributed by atoms with Crippen LogP contribution in [0.1, 0.15) is 10.4 Å². The van der Waals surface area contributed by atoms with Gasteiger partial charge in [0.2, 0.25) is 0 Å². The Bertz CT molecular complexity index is 529. The number of hydrogen-bond donors (Lipinski definition) is 1. The van der Waals surface area contributed by atoms with Crippen LogP contribution in [-0.2, 0) is 0 Å². The predicted molar refractivity (Wildman–Crippen MR) is 57.9 cm³/mol. The van der Waals surface area contributed by atoms with Crippen molar-refractivity contribution in [3.8, 4) is 11.1 Å². The Morgan fingerprint density at radius 1 is 1.07 bits per heavy atom. The maximum absolute atomic E-state index is 11.4. The van der Waals surface area contributed by atoms with Crippen LogP contribution in [-0.4, -0.2) is 11.3 Å². The number of pyridine rings is 1. The topological polar surface area (TPSA) is 49.9 Å². The Labute approximate surface area is 86.4 Å². The average Bonchev–Trinajstić information content (AvgIpc) is 2.30. The molecule has 0 aliphatic rings. The Balaban J connectivity index is 2.69. The molecular formula is C12H9NO2. The molecule has 0 aliphatic carbocycles. The number of aromatic amines is 1. The van der Waals surface area contributed by atoms with Crippen molar-refractivity contribution in [1.29, 1.82) is 0 Å². The van der Waals surface area contributed by atoms with Gasteiger partial charge in [0.25, 0.3) is 5.56 Å². The lowest BCUT2D eigenvalue weighted by molar-refractivity contribution is 0.112. The highest BCUT2D eigenvalue weighted by Crippen LogP contribution is 2.19. The molecule has 0 unspecified atom stereocenters. The van der Waals surface area contributed by atoms with Crippen molar-refractivity contribution < 1.29 is 4.79 Å². The highest BCUT2D eigenvalue weighted by atomic mass is 16.1. The van der Waals surface area contributed by atoms with Gasteiger partial charge in [-0.3, -0.25) is 9.59 Å². The summed E-state index contributed by atoms with van der Waals surface area (Å²) in [7, 11) is 0. The maximum Gasteiger partial charge on any atom is 0.259 e. The van der Waals surface area contributed by atoms with Gasteiger partial charge < -0.3 is 4.98 Å². The lowest BCUT2D eigenvalue weighted by atomic mass is 10.0. The number of aldehydes is 1. The summed E-state index contributed by atoms with van der Waals surface area (Å²) in [6.45, 7) is 0. The van der Waals surface area contributed by atoms with E-state index >= 15 is 0 Å². The molecule has 0 aliphatic heterocycles. The Morgan fingerprint density at radius 3 is 2.47 bits per heavy atom. The highest BCUT2D eigenvalue weighted by Gasteiger charge is 2.06. The fourth-order valence-electron chi connectivity index (χ4n) is 1.48. The van der Waals surface area contributed by atoms with Gasteiger partial charge in [-0.25, -0.2) is 0 Å². The number of rotatable bonds is 2. The number of benzene rings is 1. The highest BCUT2D eigenvalue weighted by molar-refractivity contribution is 5.86. The third-order valence-corrected chi connectivity index (χ3v) is 2.20. The number of H-pyrrole nitrogens is 1. The van der Waals surface area contributed by atoms with Gasteiger partial charge in [0.1, 0.15) is 0 Å². The summed E-state index contributed by atoms with van der Waals surface area (Å²) in [6.07, 6.45) is 2.12. The third-order valence-electron chi connectivity index (χ3n) is 2.20. The SMILES string of the molecule is O=Cc1c(-c2ccccc2)cc[nH]c1=O. The fraction of sp³-hybridized carbons (Fsp3) is 0. The van der Waals surface area contributed by atoms with E-state index in [0.717, 1.165) is 5.56 Å². The maximum atomic E-state index is 11.4. The number of nitrogens with one attached hydrogen (secondary N) is 1. The monoisotopic (exact) mass is 199 g/mol. The molecule has 2 rings (SSSR count). The van der Waals surface area contributed by atoms with Crippen molar-refractivity contribution in [3.63, 3.8) is 0 Å². The summed E-state index contributed by atoms with van der Waals surface area (Å²) in [6, 6.07) is 11.1. The predicted octanol–water partition coefficient (Wildman–Crippen LogP) is 1.85. The minimum absolute atomic E-state index is 0.170. The third kappa shape index (κ3) is 1.72. The van der Waals surface area contributed by atoms with E-state index in [1.165, 1.54) is 6.20 Å². The van der Waals surface area contributed by atoms with Gasteiger partial charge >= 0.3 is 0 Å². The van der Waals surface area contributed by atoms with E-state index < -0.39 is 0 Å². The average molecular weight is 199 g/mol. The number of aromatic nitrogens is 1.